The number of aromatic nitrogens is 1. The number of nitrogens with two attached hydrogens (primary N) is 1. The van der Waals surface area contributed by atoms with Crippen LogP contribution in [0.15, 0.2) is 17.1 Å². The number of anilines is 1. The van der Waals surface area contributed by atoms with Crippen LogP contribution in [0.1, 0.15) is 35.7 Å². The molecular weight excluding hydrogens is 361 g/mol. The molecule has 26 heavy (non-hydrogen) atoms. The molecule has 0 spiro atoms. The second-order valence-corrected chi connectivity index (χ2v) is 7.89. The maximum Gasteiger partial charge on any atom is 0.341 e. The van der Waals surface area contributed by atoms with E-state index >= 15 is 0 Å². The van der Waals surface area contributed by atoms with Crippen molar-refractivity contribution >= 4 is 34.2 Å². The van der Waals surface area contributed by atoms with Gasteiger partial charge >= 0.3 is 5.97 Å². The summed E-state index contributed by atoms with van der Waals surface area (Å²) in [5.41, 5.74) is 5.72. The molecule has 2 heterocycles. The van der Waals surface area contributed by atoms with E-state index in [-0.39, 0.29) is 39.8 Å². The molecule has 1 aromatic heterocycles. The SMILES string of the molecule is NC1CN(c2c(F)cc3c(=O)c(C(=O)O)cn(C4CC4)c3c2Cl)C2CC12. The summed E-state index contributed by atoms with van der Waals surface area (Å²) in [6.45, 7) is 0.526. The van der Waals surface area contributed by atoms with Gasteiger partial charge in [-0.15, -0.1) is 0 Å². The second-order valence-electron chi connectivity index (χ2n) is 7.52. The molecule has 0 amide bonds. The third-order valence-corrected chi connectivity index (χ3v) is 6.16. The van der Waals surface area contributed by atoms with Crippen molar-refractivity contribution in [3.8, 4) is 0 Å². The molecular formula is C18H17ClFN3O3. The lowest BCUT2D eigenvalue weighted by Gasteiger charge is -2.25. The molecule has 5 rings (SSSR count). The van der Waals surface area contributed by atoms with E-state index in [9.17, 15) is 19.1 Å². The van der Waals surface area contributed by atoms with Crippen LogP contribution < -0.4 is 16.1 Å². The van der Waals surface area contributed by atoms with Crippen LogP contribution in [-0.4, -0.2) is 34.3 Å². The molecule has 1 saturated heterocycles. The van der Waals surface area contributed by atoms with Crippen LogP contribution in [0.4, 0.5) is 10.1 Å². The summed E-state index contributed by atoms with van der Waals surface area (Å²) in [6.07, 6.45) is 4.01. The van der Waals surface area contributed by atoms with E-state index in [1.54, 1.807) is 4.57 Å². The molecule has 3 aliphatic rings. The lowest BCUT2D eigenvalue weighted by atomic mass is 10.1. The molecule has 0 radical (unpaired) electrons. The minimum absolute atomic E-state index is 0.00817. The van der Waals surface area contributed by atoms with Crippen molar-refractivity contribution in [3.63, 3.8) is 0 Å². The molecule has 8 heteroatoms. The number of piperidine rings is 1. The van der Waals surface area contributed by atoms with Gasteiger partial charge < -0.3 is 20.3 Å². The molecule has 3 fully saturated rings. The number of carboxylic acids is 1. The van der Waals surface area contributed by atoms with Crippen LogP contribution in [0, 0.1) is 11.7 Å². The highest BCUT2D eigenvalue weighted by atomic mass is 35.5. The molecule has 1 aliphatic heterocycles. The van der Waals surface area contributed by atoms with E-state index in [1.165, 1.54) is 6.20 Å². The zero-order valence-electron chi connectivity index (χ0n) is 13.8. The van der Waals surface area contributed by atoms with E-state index < -0.39 is 17.2 Å². The molecule has 2 aromatic rings. The number of rotatable bonds is 3. The number of halogens is 2. The molecule has 3 unspecified atom stereocenters. The van der Waals surface area contributed by atoms with Gasteiger partial charge in [0.2, 0.25) is 5.43 Å². The largest absolute Gasteiger partial charge is 0.477 e. The predicted molar refractivity (Wildman–Crippen MR) is 95.6 cm³/mol. The number of carbonyl (C=O) groups is 1. The topological polar surface area (TPSA) is 88.6 Å². The number of benzene rings is 1. The quantitative estimate of drug-likeness (QED) is 0.857. The van der Waals surface area contributed by atoms with Gasteiger partial charge in [0.15, 0.2) is 0 Å². The Hall–Kier alpha value is -2.12. The Morgan fingerprint density at radius 2 is 2.12 bits per heavy atom. The smallest absolute Gasteiger partial charge is 0.341 e. The van der Waals surface area contributed by atoms with Crippen molar-refractivity contribution in [3.05, 3.63) is 38.9 Å². The molecule has 136 valence electrons. The Labute approximate surface area is 152 Å². The number of aromatic carboxylic acids is 1. The summed E-state index contributed by atoms with van der Waals surface area (Å²) in [5.74, 6) is -1.57. The van der Waals surface area contributed by atoms with Gasteiger partial charge in [0.05, 0.1) is 21.6 Å². The van der Waals surface area contributed by atoms with Gasteiger partial charge in [0, 0.05) is 30.9 Å². The summed E-state index contributed by atoms with van der Waals surface area (Å²) in [4.78, 5) is 25.9. The highest BCUT2D eigenvalue weighted by Crippen LogP contribution is 2.50. The molecule has 3 N–H and O–H groups in total. The molecule has 1 aromatic carbocycles. The number of hydrogen-bond donors (Lipinski definition) is 2. The zero-order valence-corrected chi connectivity index (χ0v) is 14.5. The number of pyridine rings is 1. The Morgan fingerprint density at radius 1 is 1.38 bits per heavy atom. The first-order chi connectivity index (χ1) is 12.4. The lowest BCUT2D eigenvalue weighted by Crippen LogP contribution is -2.32. The van der Waals surface area contributed by atoms with Crippen LogP contribution in [0.3, 0.4) is 0 Å². The van der Waals surface area contributed by atoms with Crippen molar-refractivity contribution in [1.29, 1.82) is 0 Å². The Bertz CT molecular complexity index is 1030. The van der Waals surface area contributed by atoms with E-state index in [0.29, 0.717) is 18.0 Å². The fourth-order valence-corrected chi connectivity index (χ4v) is 4.66. The van der Waals surface area contributed by atoms with E-state index in [1.807, 2.05) is 4.90 Å². The maximum atomic E-state index is 14.9. The van der Waals surface area contributed by atoms with Crippen molar-refractivity contribution < 1.29 is 14.3 Å². The van der Waals surface area contributed by atoms with Gasteiger partial charge in [0.25, 0.3) is 0 Å². The lowest BCUT2D eigenvalue weighted by molar-refractivity contribution is 0.0695. The normalized spacial score (nSPS) is 27.0. The minimum Gasteiger partial charge on any atom is -0.477 e. The summed E-state index contributed by atoms with van der Waals surface area (Å²) in [6, 6.07) is 1.40. The number of hydrogen-bond acceptors (Lipinski definition) is 4. The van der Waals surface area contributed by atoms with Crippen molar-refractivity contribution in [2.45, 2.75) is 37.4 Å². The molecule has 2 aliphatic carbocycles. The predicted octanol–water partition coefficient (Wildman–Crippen LogP) is 2.36. The first kappa shape index (κ1) is 16.1. The summed E-state index contributed by atoms with van der Waals surface area (Å²) in [7, 11) is 0. The summed E-state index contributed by atoms with van der Waals surface area (Å²) >= 11 is 6.61. The van der Waals surface area contributed by atoms with E-state index in [2.05, 4.69) is 0 Å². The van der Waals surface area contributed by atoms with Crippen molar-refractivity contribution in [2.24, 2.45) is 11.7 Å². The van der Waals surface area contributed by atoms with Crippen molar-refractivity contribution in [1.82, 2.24) is 4.57 Å². The third-order valence-electron chi connectivity index (χ3n) is 5.80. The average Bonchev–Trinajstić information content (AvgIpc) is 3.48. The Balaban J connectivity index is 1.80. The molecule has 3 atom stereocenters. The first-order valence-corrected chi connectivity index (χ1v) is 9.08. The summed E-state index contributed by atoms with van der Waals surface area (Å²) in [5, 5.41) is 9.50. The van der Waals surface area contributed by atoms with Crippen LogP contribution in [0.25, 0.3) is 10.9 Å². The number of fused-ring (bicyclic) bond motifs is 2. The van der Waals surface area contributed by atoms with Gasteiger partial charge in [-0.25, -0.2) is 9.18 Å². The first-order valence-electron chi connectivity index (χ1n) is 8.71. The van der Waals surface area contributed by atoms with Crippen LogP contribution in [0.2, 0.25) is 5.02 Å². The zero-order chi connectivity index (χ0) is 18.3. The average molecular weight is 378 g/mol. The van der Waals surface area contributed by atoms with Crippen LogP contribution in [0.5, 0.6) is 0 Å². The number of nitrogens with zero attached hydrogens (tertiary/aromatic N) is 2. The van der Waals surface area contributed by atoms with Crippen molar-refractivity contribution in [2.75, 3.05) is 11.4 Å². The monoisotopic (exact) mass is 377 g/mol. The highest BCUT2D eigenvalue weighted by molar-refractivity contribution is 6.38. The standard InChI is InChI=1S/C18H17ClFN3O3/c19-14-15-9(17(24)10(18(25)26)5-22(15)7-1-2-7)3-11(20)16(14)23-6-12(21)8-4-13(8)23/h3,5,7-8,12-13H,1-2,4,6,21H2,(H,25,26). The fourth-order valence-electron chi connectivity index (χ4n) is 4.26. The third kappa shape index (κ3) is 2.13. The van der Waals surface area contributed by atoms with E-state index in [4.69, 9.17) is 17.3 Å². The van der Waals surface area contributed by atoms with Crippen LogP contribution >= 0.6 is 11.6 Å². The fraction of sp³-hybridized carbons (Fsp3) is 0.444. The Morgan fingerprint density at radius 3 is 2.65 bits per heavy atom. The minimum atomic E-state index is -1.32. The van der Waals surface area contributed by atoms with Crippen LogP contribution in [-0.2, 0) is 0 Å². The van der Waals surface area contributed by atoms with E-state index in [0.717, 1.165) is 25.3 Å². The Kier molecular flexibility index (Phi) is 3.22. The number of carboxylic acid groups (broad SMARTS) is 1. The van der Waals surface area contributed by atoms with Gasteiger partial charge in [-0.3, -0.25) is 4.79 Å². The molecule has 2 saturated carbocycles. The van der Waals surface area contributed by atoms with Gasteiger partial charge in [-0.05, 0) is 31.2 Å². The molecule has 0 bridgehead atoms. The maximum absolute atomic E-state index is 14.9. The summed E-state index contributed by atoms with van der Waals surface area (Å²) < 4.78 is 16.7. The van der Waals surface area contributed by atoms with Gasteiger partial charge in [-0.1, -0.05) is 11.6 Å². The second kappa shape index (κ2) is 5.20. The highest BCUT2D eigenvalue weighted by Gasteiger charge is 2.53. The molecule has 6 nitrogen and oxygen atoms in total. The van der Waals surface area contributed by atoms with Gasteiger partial charge in [0.1, 0.15) is 11.4 Å². The van der Waals surface area contributed by atoms with Gasteiger partial charge in [-0.2, -0.15) is 0 Å².